The Labute approximate surface area is 110 Å². The summed E-state index contributed by atoms with van der Waals surface area (Å²) in [4.78, 5) is 0. The van der Waals surface area contributed by atoms with Gasteiger partial charge >= 0.3 is 0 Å². The highest BCUT2D eigenvalue weighted by Crippen LogP contribution is 2.18. The Morgan fingerprint density at radius 3 is 2.74 bits per heavy atom. The normalized spacial score (nSPS) is 11.1. The predicted octanol–water partition coefficient (Wildman–Crippen LogP) is 1.94. The van der Waals surface area contributed by atoms with Crippen molar-refractivity contribution in [1.82, 2.24) is 24.7 Å². The smallest absolute Gasteiger partial charge is 0.158 e. The van der Waals surface area contributed by atoms with Gasteiger partial charge in [-0.15, -0.1) is 0 Å². The zero-order valence-electron chi connectivity index (χ0n) is 11.2. The van der Waals surface area contributed by atoms with Gasteiger partial charge in [0.25, 0.3) is 0 Å². The van der Waals surface area contributed by atoms with Crippen LogP contribution in [0.3, 0.4) is 0 Å². The van der Waals surface area contributed by atoms with Crippen LogP contribution in [0.5, 0.6) is 0 Å². The first-order valence-corrected chi connectivity index (χ1v) is 6.07. The third kappa shape index (κ3) is 2.29. The summed E-state index contributed by atoms with van der Waals surface area (Å²) in [7, 11) is 1.88. The van der Waals surface area contributed by atoms with E-state index in [2.05, 4.69) is 15.4 Å². The van der Waals surface area contributed by atoms with Crippen molar-refractivity contribution in [3.8, 4) is 11.3 Å². The molecule has 6 nitrogen and oxygen atoms in total. The molecule has 3 aromatic heterocycles. The number of rotatable bonds is 3. The van der Waals surface area contributed by atoms with Crippen LogP contribution in [0.4, 0.5) is 0 Å². The number of hydrogen-bond donors (Lipinski definition) is 0. The van der Waals surface area contributed by atoms with Gasteiger partial charge in [-0.1, -0.05) is 5.16 Å². The van der Waals surface area contributed by atoms with E-state index in [0.717, 1.165) is 28.4 Å². The van der Waals surface area contributed by atoms with E-state index >= 15 is 0 Å². The van der Waals surface area contributed by atoms with E-state index in [1.54, 1.807) is 10.9 Å². The molecule has 0 unspecified atom stereocenters. The lowest BCUT2D eigenvalue weighted by molar-refractivity contribution is 0.372. The van der Waals surface area contributed by atoms with Crippen molar-refractivity contribution in [3.63, 3.8) is 0 Å². The Hall–Kier alpha value is -2.37. The van der Waals surface area contributed by atoms with Gasteiger partial charge in [0.2, 0.25) is 0 Å². The molecule has 6 heteroatoms. The zero-order valence-corrected chi connectivity index (χ0v) is 11.2. The average molecular weight is 257 g/mol. The molecule has 0 spiro atoms. The van der Waals surface area contributed by atoms with Gasteiger partial charge in [0.05, 0.1) is 11.9 Å². The molecule has 19 heavy (non-hydrogen) atoms. The second-order valence-corrected chi connectivity index (χ2v) is 4.67. The Morgan fingerprint density at radius 1 is 1.26 bits per heavy atom. The Kier molecular flexibility index (Phi) is 2.70. The van der Waals surface area contributed by atoms with E-state index < -0.39 is 0 Å². The fourth-order valence-corrected chi connectivity index (χ4v) is 2.06. The van der Waals surface area contributed by atoms with E-state index in [-0.39, 0.29) is 0 Å². The Bertz CT molecular complexity index is 706. The molecule has 0 aliphatic rings. The molecule has 0 fully saturated rings. The highest BCUT2D eigenvalue weighted by molar-refractivity contribution is 5.56. The lowest BCUT2D eigenvalue weighted by Crippen LogP contribution is -2.02. The fraction of sp³-hybridized carbons (Fsp3) is 0.308. The van der Waals surface area contributed by atoms with Crippen molar-refractivity contribution in [1.29, 1.82) is 0 Å². The van der Waals surface area contributed by atoms with Crippen molar-refractivity contribution < 1.29 is 4.52 Å². The highest BCUT2D eigenvalue weighted by atomic mass is 16.5. The van der Waals surface area contributed by atoms with Gasteiger partial charge < -0.3 is 4.52 Å². The predicted molar refractivity (Wildman–Crippen MR) is 69.5 cm³/mol. The second kappa shape index (κ2) is 4.38. The van der Waals surface area contributed by atoms with Crippen LogP contribution in [-0.2, 0) is 13.6 Å². The minimum atomic E-state index is 0.590. The van der Waals surface area contributed by atoms with Gasteiger partial charge in [-0.25, -0.2) is 0 Å². The van der Waals surface area contributed by atoms with E-state index in [1.807, 2.05) is 43.9 Å². The first-order valence-electron chi connectivity index (χ1n) is 6.07. The number of aryl methyl sites for hydroxylation is 3. The topological polar surface area (TPSA) is 61.7 Å². The maximum absolute atomic E-state index is 5.35. The molecule has 0 bridgehead atoms. The van der Waals surface area contributed by atoms with Crippen LogP contribution in [0.25, 0.3) is 11.3 Å². The molecular formula is C13H15N5O. The van der Waals surface area contributed by atoms with Crippen LogP contribution in [0.1, 0.15) is 17.1 Å². The second-order valence-electron chi connectivity index (χ2n) is 4.67. The van der Waals surface area contributed by atoms with E-state index in [4.69, 9.17) is 4.52 Å². The number of hydrogen-bond acceptors (Lipinski definition) is 4. The molecule has 3 heterocycles. The molecule has 98 valence electrons. The molecular weight excluding hydrogens is 242 g/mol. The summed E-state index contributed by atoms with van der Waals surface area (Å²) in [6, 6.07) is 3.96. The number of nitrogens with zero attached hydrogens (tertiary/aromatic N) is 5. The maximum Gasteiger partial charge on any atom is 0.158 e. The van der Waals surface area contributed by atoms with E-state index in [9.17, 15) is 0 Å². The van der Waals surface area contributed by atoms with Gasteiger partial charge in [0.15, 0.2) is 5.76 Å². The molecule has 0 saturated carbocycles. The quantitative estimate of drug-likeness (QED) is 0.719. The molecule has 3 aromatic rings. The van der Waals surface area contributed by atoms with Crippen LogP contribution >= 0.6 is 0 Å². The van der Waals surface area contributed by atoms with Gasteiger partial charge in [0.1, 0.15) is 12.2 Å². The largest absolute Gasteiger partial charge is 0.359 e. The third-order valence-corrected chi connectivity index (χ3v) is 2.97. The minimum absolute atomic E-state index is 0.590. The maximum atomic E-state index is 5.35. The van der Waals surface area contributed by atoms with E-state index in [0.29, 0.717) is 6.54 Å². The molecule has 0 atom stereocenters. The molecule has 0 aliphatic carbocycles. The van der Waals surface area contributed by atoms with Crippen molar-refractivity contribution in [2.24, 2.45) is 7.05 Å². The lowest BCUT2D eigenvalue weighted by Gasteiger charge is -1.99. The fourth-order valence-electron chi connectivity index (χ4n) is 2.06. The average Bonchev–Trinajstić information content (AvgIpc) is 3.02. The van der Waals surface area contributed by atoms with Crippen LogP contribution in [0.15, 0.2) is 29.0 Å². The molecule has 0 radical (unpaired) electrons. The van der Waals surface area contributed by atoms with Crippen LogP contribution in [0.2, 0.25) is 0 Å². The van der Waals surface area contributed by atoms with Crippen LogP contribution < -0.4 is 0 Å². The monoisotopic (exact) mass is 257 g/mol. The Balaban J connectivity index is 1.84. The molecule has 0 aromatic carbocycles. The molecule has 0 N–H and O–H groups in total. The molecule has 0 saturated heterocycles. The summed E-state index contributed by atoms with van der Waals surface area (Å²) >= 11 is 0. The third-order valence-electron chi connectivity index (χ3n) is 2.97. The summed E-state index contributed by atoms with van der Waals surface area (Å²) in [6.07, 6.45) is 3.68. The standard InChI is InChI=1S/C13H15N5O/c1-9-4-10(2)18(15-9)8-12-5-13(16-19-12)11-6-14-17(3)7-11/h4-7H,8H2,1-3H3. The molecule has 0 aliphatic heterocycles. The van der Waals surface area contributed by atoms with Crippen LogP contribution in [0, 0.1) is 13.8 Å². The van der Waals surface area contributed by atoms with Crippen molar-refractivity contribution in [3.05, 3.63) is 41.7 Å². The van der Waals surface area contributed by atoms with Gasteiger partial charge in [-0.2, -0.15) is 10.2 Å². The summed E-state index contributed by atoms with van der Waals surface area (Å²) in [5.41, 5.74) is 3.86. The molecule has 3 rings (SSSR count). The first-order chi connectivity index (χ1) is 9.11. The minimum Gasteiger partial charge on any atom is -0.359 e. The summed E-state index contributed by atoms with van der Waals surface area (Å²) in [6.45, 7) is 4.59. The van der Waals surface area contributed by atoms with Gasteiger partial charge in [-0.3, -0.25) is 9.36 Å². The SMILES string of the molecule is Cc1cc(C)n(Cc2cc(-c3cnn(C)c3)no2)n1. The number of aromatic nitrogens is 5. The highest BCUT2D eigenvalue weighted by Gasteiger charge is 2.10. The van der Waals surface area contributed by atoms with Crippen LogP contribution in [-0.4, -0.2) is 24.7 Å². The van der Waals surface area contributed by atoms with Crippen molar-refractivity contribution in [2.45, 2.75) is 20.4 Å². The summed E-state index contributed by atoms with van der Waals surface area (Å²) in [5, 5.41) is 12.6. The van der Waals surface area contributed by atoms with Crippen molar-refractivity contribution >= 4 is 0 Å². The Morgan fingerprint density at radius 2 is 2.11 bits per heavy atom. The summed E-state index contributed by atoms with van der Waals surface area (Å²) in [5.74, 6) is 0.782. The van der Waals surface area contributed by atoms with Gasteiger partial charge in [0, 0.05) is 30.6 Å². The van der Waals surface area contributed by atoms with E-state index in [1.165, 1.54) is 0 Å². The lowest BCUT2D eigenvalue weighted by atomic mass is 10.2. The van der Waals surface area contributed by atoms with Gasteiger partial charge in [-0.05, 0) is 19.9 Å². The molecule has 0 amide bonds. The zero-order chi connectivity index (χ0) is 13.4. The summed E-state index contributed by atoms with van der Waals surface area (Å²) < 4.78 is 9.00. The first kappa shape index (κ1) is 11.7. The van der Waals surface area contributed by atoms with Crippen molar-refractivity contribution in [2.75, 3.05) is 0 Å².